The highest BCUT2D eigenvalue weighted by Gasteiger charge is 2.24. The zero-order chi connectivity index (χ0) is 16.8. The quantitative estimate of drug-likeness (QED) is 0.359. The lowest BCUT2D eigenvalue weighted by Gasteiger charge is -2.17. The van der Waals surface area contributed by atoms with Gasteiger partial charge in [0.2, 0.25) is 0 Å². The first-order valence-electron chi connectivity index (χ1n) is 7.04. The first kappa shape index (κ1) is 17.0. The van der Waals surface area contributed by atoms with Crippen molar-refractivity contribution in [2.45, 2.75) is 6.92 Å². The van der Waals surface area contributed by atoms with Crippen LogP contribution in [0.1, 0.15) is 17.3 Å². The third-order valence-corrected chi connectivity index (χ3v) is 4.23. The number of thioether (sulfide) groups is 1. The Kier molecular flexibility index (Phi) is 5.76. The zero-order valence-corrected chi connectivity index (χ0v) is 13.9. The fourth-order valence-corrected chi connectivity index (χ4v) is 3.06. The van der Waals surface area contributed by atoms with Crippen molar-refractivity contribution in [2.24, 2.45) is 4.99 Å². The molecule has 2 rings (SSSR count). The molecule has 0 spiro atoms. The molecule has 1 saturated heterocycles. The van der Waals surface area contributed by atoms with Gasteiger partial charge in [-0.2, -0.15) is 0 Å². The van der Waals surface area contributed by atoms with Gasteiger partial charge in [0, 0.05) is 29.6 Å². The predicted octanol–water partition coefficient (Wildman–Crippen LogP) is 3.17. The van der Waals surface area contributed by atoms with Crippen LogP contribution in [0.3, 0.4) is 0 Å². The Bertz CT molecular complexity index is 678. The van der Waals surface area contributed by atoms with Crippen molar-refractivity contribution in [3.05, 3.63) is 54.3 Å². The average Bonchev–Trinajstić information content (AvgIpc) is 2.90. The molecule has 0 saturated carbocycles. The van der Waals surface area contributed by atoms with Gasteiger partial charge in [-0.1, -0.05) is 17.8 Å². The minimum atomic E-state index is -0.387. The van der Waals surface area contributed by atoms with Gasteiger partial charge in [-0.25, -0.2) is 9.79 Å². The average molecular weight is 330 g/mol. The third-order valence-electron chi connectivity index (χ3n) is 3.22. The van der Waals surface area contributed by atoms with Gasteiger partial charge in [0.1, 0.15) is 0 Å². The lowest BCUT2D eigenvalue weighted by atomic mass is 10.1. The molecule has 6 heteroatoms. The standard InChI is InChI=1S/C17H18N2O3S/c1-4-9-19-15(10-16(21)22-3)11-23-17(19)18-14-7-5-13(6-8-14)12(2)20/h4-8,10H,1,9,11H2,2-3H3/b15-10+,18-17?. The number of hydrogen-bond donors (Lipinski definition) is 0. The van der Waals surface area contributed by atoms with Crippen molar-refractivity contribution in [3.8, 4) is 0 Å². The van der Waals surface area contributed by atoms with Gasteiger partial charge in [0.15, 0.2) is 11.0 Å². The summed E-state index contributed by atoms with van der Waals surface area (Å²) < 4.78 is 4.68. The van der Waals surface area contributed by atoms with E-state index < -0.39 is 0 Å². The molecule has 1 aromatic rings. The maximum absolute atomic E-state index is 11.5. The van der Waals surface area contributed by atoms with E-state index in [0.29, 0.717) is 17.9 Å². The van der Waals surface area contributed by atoms with E-state index in [1.54, 1.807) is 42.1 Å². The normalized spacial score (nSPS) is 17.6. The van der Waals surface area contributed by atoms with Gasteiger partial charge >= 0.3 is 5.97 Å². The molecular weight excluding hydrogens is 312 g/mol. The molecule has 0 amide bonds. The van der Waals surface area contributed by atoms with Gasteiger partial charge < -0.3 is 9.64 Å². The number of amidine groups is 1. The molecule has 1 aliphatic rings. The highest BCUT2D eigenvalue weighted by molar-refractivity contribution is 8.14. The number of methoxy groups -OCH3 is 1. The minimum absolute atomic E-state index is 0.0241. The number of rotatable bonds is 5. The van der Waals surface area contributed by atoms with E-state index >= 15 is 0 Å². The van der Waals surface area contributed by atoms with Crippen molar-refractivity contribution in [1.29, 1.82) is 0 Å². The predicted molar refractivity (Wildman–Crippen MR) is 93.0 cm³/mol. The first-order chi connectivity index (χ1) is 11.0. The summed E-state index contributed by atoms with van der Waals surface area (Å²) in [5, 5.41) is 0.788. The van der Waals surface area contributed by atoms with Crippen LogP contribution >= 0.6 is 11.8 Å². The Morgan fingerprint density at radius 2 is 2.09 bits per heavy atom. The molecule has 120 valence electrons. The van der Waals surface area contributed by atoms with Crippen LogP contribution in [0.5, 0.6) is 0 Å². The smallest absolute Gasteiger partial charge is 0.332 e. The molecule has 0 unspecified atom stereocenters. The molecule has 0 radical (unpaired) electrons. The van der Waals surface area contributed by atoms with E-state index in [9.17, 15) is 9.59 Å². The number of ketones is 1. The number of carbonyl (C=O) groups excluding carboxylic acids is 2. The van der Waals surface area contributed by atoms with Crippen molar-refractivity contribution in [2.75, 3.05) is 19.4 Å². The molecule has 1 heterocycles. The third kappa shape index (κ3) is 4.32. The van der Waals surface area contributed by atoms with E-state index in [1.807, 2.05) is 4.90 Å². The molecule has 0 aromatic heterocycles. The summed E-state index contributed by atoms with van der Waals surface area (Å²) >= 11 is 1.54. The summed E-state index contributed by atoms with van der Waals surface area (Å²) in [6, 6.07) is 7.12. The first-order valence-corrected chi connectivity index (χ1v) is 8.03. The summed E-state index contributed by atoms with van der Waals surface area (Å²) in [6.07, 6.45) is 3.23. The van der Waals surface area contributed by atoms with Crippen LogP contribution in [-0.2, 0) is 9.53 Å². The van der Waals surface area contributed by atoms with Crippen molar-refractivity contribution < 1.29 is 14.3 Å². The van der Waals surface area contributed by atoms with Crippen LogP contribution in [0, 0.1) is 0 Å². The molecule has 1 aliphatic heterocycles. The molecule has 0 aliphatic carbocycles. The van der Waals surface area contributed by atoms with E-state index in [-0.39, 0.29) is 11.8 Å². The van der Waals surface area contributed by atoms with Crippen LogP contribution < -0.4 is 0 Å². The summed E-state index contributed by atoms with van der Waals surface area (Å²) in [7, 11) is 1.35. The highest BCUT2D eigenvalue weighted by Crippen LogP contribution is 2.29. The molecule has 23 heavy (non-hydrogen) atoms. The van der Waals surface area contributed by atoms with Gasteiger partial charge in [-0.15, -0.1) is 6.58 Å². The fraction of sp³-hybridized carbons (Fsp3) is 0.235. The van der Waals surface area contributed by atoms with Gasteiger partial charge in [-0.3, -0.25) is 4.79 Å². The minimum Gasteiger partial charge on any atom is -0.466 e. The summed E-state index contributed by atoms with van der Waals surface area (Å²) in [5.41, 5.74) is 2.24. The molecule has 0 atom stereocenters. The Labute approximate surface area is 139 Å². The Morgan fingerprint density at radius 1 is 1.39 bits per heavy atom. The second-order valence-electron chi connectivity index (χ2n) is 4.84. The maximum atomic E-state index is 11.5. The maximum Gasteiger partial charge on any atom is 0.332 e. The lowest BCUT2D eigenvalue weighted by Crippen LogP contribution is -2.23. The van der Waals surface area contributed by atoms with Gasteiger partial charge in [0.25, 0.3) is 0 Å². The van der Waals surface area contributed by atoms with E-state index in [1.165, 1.54) is 20.1 Å². The van der Waals surface area contributed by atoms with Crippen LogP contribution in [-0.4, -0.2) is 41.2 Å². The van der Waals surface area contributed by atoms with Crippen molar-refractivity contribution in [1.82, 2.24) is 4.90 Å². The number of carbonyl (C=O) groups is 2. The number of ether oxygens (including phenoxy) is 1. The highest BCUT2D eigenvalue weighted by atomic mass is 32.2. The number of nitrogens with zero attached hydrogens (tertiary/aromatic N) is 2. The number of Topliss-reactive ketones (excluding diaryl/α,β-unsaturated/α-hetero) is 1. The molecule has 1 aromatic carbocycles. The van der Waals surface area contributed by atoms with Crippen molar-refractivity contribution >= 4 is 34.4 Å². The largest absolute Gasteiger partial charge is 0.466 e. The number of benzene rings is 1. The van der Waals surface area contributed by atoms with E-state index in [2.05, 4.69) is 16.3 Å². The zero-order valence-electron chi connectivity index (χ0n) is 13.1. The second kappa shape index (κ2) is 7.78. The van der Waals surface area contributed by atoms with Crippen LogP contribution in [0.15, 0.2) is 53.7 Å². The SMILES string of the molecule is C=CCN1C(=Nc2ccc(C(C)=O)cc2)SC/C1=C\C(=O)OC. The number of esters is 1. The summed E-state index contributed by atoms with van der Waals surface area (Å²) in [6.45, 7) is 5.83. The van der Waals surface area contributed by atoms with E-state index in [0.717, 1.165) is 16.6 Å². The molecule has 0 N–H and O–H groups in total. The Morgan fingerprint density at radius 3 is 2.65 bits per heavy atom. The molecule has 1 fully saturated rings. The summed E-state index contributed by atoms with van der Waals surface area (Å²) in [4.78, 5) is 29.3. The van der Waals surface area contributed by atoms with E-state index in [4.69, 9.17) is 0 Å². The number of aliphatic imine (C=N–C) groups is 1. The van der Waals surface area contributed by atoms with Gasteiger partial charge in [0.05, 0.1) is 12.8 Å². The monoisotopic (exact) mass is 330 g/mol. The van der Waals surface area contributed by atoms with Crippen LogP contribution in [0.4, 0.5) is 5.69 Å². The van der Waals surface area contributed by atoms with Crippen LogP contribution in [0.25, 0.3) is 0 Å². The topological polar surface area (TPSA) is 59.0 Å². The molecular formula is C17H18N2O3S. The fourth-order valence-electron chi connectivity index (χ4n) is 2.03. The second-order valence-corrected chi connectivity index (χ2v) is 5.79. The Hall–Kier alpha value is -2.34. The molecule has 0 bridgehead atoms. The molecule has 5 nitrogen and oxygen atoms in total. The Balaban J connectivity index is 2.26. The summed E-state index contributed by atoms with van der Waals surface area (Å²) in [5.74, 6) is 0.283. The number of hydrogen-bond acceptors (Lipinski definition) is 5. The lowest BCUT2D eigenvalue weighted by molar-refractivity contribution is -0.134. The van der Waals surface area contributed by atoms with Gasteiger partial charge in [-0.05, 0) is 31.2 Å². The van der Waals surface area contributed by atoms with Crippen molar-refractivity contribution in [3.63, 3.8) is 0 Å². The van der Waals surface area contributed by atoms with Crippen LogP contribution in [0.2, 0.25) is 0 Å².